The van der Waals surface area contributed by atoms with E-state index in [2.05, 4.69) is 24.7 Å². The standard InChI is InChI=1S/C19H21ClN4O2S/c1-24(2)12-7-8-13(24)15-14(9-12)27-18(16(15)17(21)25)23-19(26)22-11-5-3-10(20)4-6-11/h3-6,12-13H,7-9H2,1-2H3,(H3-,21,22,23,25,26)/p+1. The number of thiophene rings is 1. The molecule has 3 heterocycles. The molecule has 1 saturated heterocycles. The molecule has 2 aromatic rings. The third-order valence-corrected chi connectivity index (χ3v) is 7.26. The van der Waals surface area contributed by atoms with E-state index in [0.717, 1.165) is 29.3 Å². The minimum absolute atomic E-state index is 0.257. The molecule has 2 unspecified atom stereocenters. The Morgan fingerprint density at radius 3 is 2.56 bits per heavy atom. The Bertz CT molecular complexity index is 923. The highest BCUT2D eigenvalue weighted by molar-refractivity contribution is 7.17. The molecule has 0 radical (unpaired) electrons. The summed E-state index contributed by atoms with van der Waals surface area (Å²) in [7, 11) is 4.43. The van der Waals surface area contributed by atoms with Crippen LogP contribution >= 0.6 is 22.9 Å². The summed E-state index contributed by atoms with van der Waals surface area (Å²) in [5.74, 6) is -0.486. The summed E-state index contributed by atoms with van der Waals surface area (Å²) >= 11 is 7.34. The fourth-order valence-corrected chi connectivity index (χ4v) is 5.88. The van der Waals surface area contributed by atoms with Crippen molar-refractivity contribution in [2.45, 2.75) is 31.3 Å². The van der Waals surface area contributed by atoms with Gasteiger partial charge in [-0.25, -0.2) is 4.79 Å². The minimum Gasteiger partial charge on any atom is -0.365 e. The second kappa shape index (κ2) is 6.51. The number of urea groups is 1. The van der Waals surface area contributed by atoms with Gasteiger partial charge in [0.25, 0.3) is 5.91 Å². The molecule has 1 aromatic heterocycles. The highest BCUT2D eigenvalue weighted by Crippen LogP contribution is 2.52. The maximum absolute atomic E-state index is 12.4. The van der Waals surface area contributed by atoms with Crippen molar-refractivity contribution >= 4 is 45.6 Å². The number of rotatable bonds is 3. The number of anilines is 2. The molecule has 0 aliphatic carbocycles. The number of amides is 3. The lowest BCUT2D eigenvalue weighted by Gasteiger charge is -2.41. The number of nitrogens with zero attached hydrogens (tertiary/aromatic N) is 1. The Morgan fingerprint density at radius 2 is 1.89 bits per heavy atom. The predicted octanol–water partition coefficient (Wildman–Crippen LogP) is 3.98. The summed E-state index contributed by atoms with van der Waals surface area (Å²) in [6.45, 7) is 0. The van der Waals surface area contributed by atoms with Crippen molar-refractivity contribution in [2.75, 3.05) is 24.7 Å². The lowest BCUT2D eigenvalue weighted by Crippen LogP contribution is -2.49. The summed E-state index contributed by atoms with van der Waals surface area (Å²) in [4.78, 5) is 25.9. The van der Waals surface area contributed by atoms with Crippen LogP contribution in [0.2, 0.25) is 5.02 Å². The Kier molecular flexibility index (Phi) is 4.41. The van der Waals surface area contributed by atoms with Gasteiger partial charge in [0.15, 0.2) is 0 Å². The number of fused-ring (bicyclic) bond motifs is 4. The van der Waals surface area contributed by atoms with E-state index in [9.17, 15) is 9.59 Å². The van der Waals surface area contributed by atoms with Crippen LogP contribution in [0.1, 0.15) is 39.7 Å². The maximum atomic E-state index is 12.4. The van der Waals surface area contributed by atoms with Gasteiger partial charge in [0.1, 0.15) is 11.0 Å². The van der Waals surface area contributed by atoms with E-state index in [1.165, 1.54) is 16.2 Å². The molecule has 1 fully saturated rings. The maximum Gasteiger partial charge on any atom is 0.324 e. The number of nitrogens with two attached hydrogens (primary N) is 1. The number of nitrogens with one attached hydrogen (secondary N) is 2. The molecule has 6 nitrogen and oxygen atoms in total. The molecular weight excluding hydrogens is 384 g/mol. The van der Waals surface area contributed by atoms with Crippen LogP contribution in [0.5, 0.6) is 0 Å². The van der Waals surface area contributed by atoms with Crippen LogP contribution in [-0.2, 0) is 6.42 Å². The van der Waals surface area contributed by atoms with Gasteiger partial charge in [0.05, 0.1) is 25.7 Å². The van der Waals surface area contributed by atoms with Gasteiger partial charge in [0, 0.05) is 40.4 Å². The smallest absolute Gasteiger partial charge is 0.324 e. The molecule has 2 aliphatic heterocycles. The molecule has 2 aliphatic rings. The fourth-order valence-electron chi connectivity index (χ4n) is 4.42. The first-order chi connectivity index (χ1) is 12.8. The number of carbonyl (C=O) groups excluding carboxylic acids is 2. The van der Waals surface area contributed by atoms with Crippen molar-refractivity contribution in [3.63, 3.8) is 0 Å². The molecule has 8 heteroatoms. The van der Waals surface area contributed by atoms with E-state index in [4.69, 9.17) is 17.3 Å². The van der Waals surface area contributed by atoms with Gasteiger partial charge in [-0.2, -0.15) is 0 Å². The number of quaternary nitrogens is 1. The van der Waals surface area contributed by atoms with Crippen molar-refractivity contribution in [3.05, 3.63) is 45.3 Å². The van der Waals surface area contributed by atoms with Crippen molar-refractivity contribution in [3.8, 4) is 0 Å². The molecule has 27 heavy (non-hydrogen) atoms. The number of hydrogen-bond acceptors (Lipinski definition) is 3. The predicted molar refractivity (Wildman–Crippen MR) is 109 cm³/mol. The van der Waals surface area contributed by atoms with Crippen molar-refractivity contribution in [1.82, 2.24) is 0 Å². The largest absolute Gasteiger partial charge is 0.365 e. The average Bonchev–Trinajstić information content (AvgIpc) is 2.99. The molecule has 4 rings (SSSR count). The first-order valence-electron chi connectivity index (χ1n) is 8.89. The van der Waals surface area contributed by atoms with Gasteiger partial charge in [0.2, 0.25) is 0 Å². The minimum atomic E-state index is -0.486. The van der Waals surface area contributed by atoms with E-state index in [-0.39, 0.29) is 6.04 Å². The number of primary amides is 1. The molecule has 0 saturated carbocycles. The Hall–Kier alpha value is -2.09. The highest BCUT2D eigenvalue weighted by atomic mass is 35.5. The molecule has 2 atom stereocenters. The van der Waals surface area contributed by atoms with Crippen LogP contribution in [0, 0.1) is 0 Å². The van der Waals surface area contributed by atoms with Gasteiger partial charge < -0.3 is 15.5 Å². The zero-order valence-electron chi connectivity index (χ0n) is 15.2. The monoisotopic (exact) mass is 405 g/mol. The number of likely N-dealkylation sites (N-methyl/N-ethyl adjacent to an activating group) is 1. The second-order valence-corrected chi connectivity index (χ2v) is 9.22. The van der Waals surface area contributed by atoms with E-state index >= 15 is 0 Å². The van der Waals surface area contributed by atoms with Crippen molar-refractivity contribution < 1.29 is 14.1 Å². The molecule has 4 N–H and O–H groups in total. The zero-order valence-corrected chi connectivity index (χ0v) is 16.8. The lowest BCUT2D eigenvalue weighted by molar-refractivity contribution is -0.932. The van der Waals surface area contributed by atoms with Gasteiger partial charge in [-0.1, -0.05) is 11.6 Å². The summed E-state index contributed by atoms with van der Waals surface area (Å²) < 4.78 is 0.875. The first-order valence-corrected chi connectivity index (χ1v) is 10.1. The van der Waals surface area contributed by atoms with Crippen LogP contribution in [0.15, 0.2) is 24.3 Å². The van der Waals surface area contributed by atoms with Crippen LogP contribution in [-0.4, -0.2) is 36.6 Å². The second-order valence-electron chi connectivity index (χ2n) is 7.67. The van der Waals surface area contributed by atoms with E-state index < -0.39 is 11.9 Å². The molecule has 1 aromatic carbocycles. The molecule has 3 amide bonds. The van der Waals surface area contributed by atoms with Crippen LogP contribution < -0.4 is 16.4 Å². The normalized spacial score (nSPS) is 22.2. The number of benzene rings is 1. The molecule has 2 bridgehead atoms. The lowest BCUT2D eigenvalue weighted by atomic mass is 9.95. The molecular formula is C19H22ClN4O2S+. The summed E-state index contributed by atoms with van der Waals surface area (Å²) in [5, 5.41) is 6.71. The van der Waals surface area contributed by atoms with Gasteiger partial charge >= 0.3 is 6.03 Å². The summed E-state index contributed by atoms with van der Waals surface area (Å²) in [6, 6.07) is 7.24. The Balaban J connectivity index is 1.63. The summed E-state index contributed by atoms with van der Waals surface area (Å²) in [5.41, 5.74) is 7.85. The SMILES string of the molecule is C[N+]1(C)C2CCC1c1c(sc(NC(=O)Nc3ccc(Cl)cc3)c1C(N)=O)C2. The number of carbonyl (C=O) groups is 2. The van der Waals surface area contributed by atoms with Gasteiger partial charge in [-0.3, -0.25) is 10.1 Å². The number of hydrogen-bond donors (Lipinski definition) is 3. The number of halogens is 1. The highest BCUT2D eigenvalue weighted by Gasteiger charge is 2.51. The van der Waals surface area contributed by atoms with Crippen LogP contribution in [0.3, 0.4) is 0 Å². The van der Waals surface area contributed by atoms with E-state index in [0.29, 0.717) is 27.3 Å². The van der Waals surface area contributed by atoms with E-state index in [1.54, 1.807) is 24.3 Å². The van der Waals surface area contributed by atoms with Crippen molar-refractivity contribution in [2.24, 2.45) is 5.73 Å². The quantitative estimate of drug-likeness (QED) is 0.675. The van der Waals surface area contributed by atoms with Gasteiger partial charge in [-0.05, 0) is 24.3 Å². The fraction of sp³-hybridized carbons (Fsp3) is 0.368. The first kappa shape index (κ1) is 18.3. The van der Waals surface area contributed by atoms with Crippen molar-refractivity contribution in [1.29, 1.82) is 0 Å². The average molecular weight is 406 g/mol. The summed E-state index contributed by atoms with van der Waals surface area (Å²) in [6.07, 6.45) is 3.11. The molecule has 142 valence electrons. The van der Waals surface area contributed by atoms with Crippen LogP contribution in [0.25, 0.3) is 0 Å². The van der Waals surface area contributed by atoms with Gasteiger partial charge in [-0.15, -0.1) is 11.3 Å². The third-order valence-electron chi connectivity index (χ3n) is 5.87. The zero-order chi connectivity index (χ0) is 19.3. The van der Waals surface area contributed by atoms with E-state index in [1.807, 2.05) is 0 Å². The Morgan fingerprint density at radius 1 is 1.19 bits per heavy atom. The topological polar surface area (TPSA) is 84.2 Å². The molecule has 0 spiro atoms. The van der Waals surface area contributed by atoms with Crippen LogP contribution in [0.4, 0.5) is 15.5 Å². The Labute approximate surface area is 166 Å². The third kappa shape index (κ3) is 3.09.